The average molecular weight is 308 g/mol. The minimum absolute atomic E-state index is 0.0960. The number of aromatic nitrogens is 1. The first-order chi connectivity index (χ1) is 6.16. The monoisotopic (exact) mass is 306 g/mol. The summed E-state index contributed by atoms with van der Waals surface area (Å²) in [5, 5.41) is 0. The minimum Gasteiger partial charge on any atom is -0.324 e. The molecule has 0 aliphatic heterocycles. The van der Waals surface area contributed by atoms with Gasteiger partial charge in [0.1, 0.15) is 4.60 Å². The highest BCUT2D eigenvalue weighted by Gasteiger charge is 2.10. The molecule has 4 heteroatoms. The molecule has 0 aliphatic carbocycles. The van der Waals surface area contributed by atoms with Gasteiger partial charge in [0.05, 0.1) is 4.47 Å². The van der Waals surface area contributed by atoms with E-state index in [1.165, 1.54) is 0 Å². The number of halogens is 2. The van der Waals surface area contributed by atoms with Crippen LogP contribution in [0.3, 0.4) is 0 Å². The Balaban J connectivity index is 2.93. The molecule has 0 saturated carbocycles. The molecule has 1 unspecified atom stereocenters. The standard InChI is InChI=1S/C9H12Br2N2/c1-2-3-7(12)6-4-5-13-9(11)8(6)10/h4-5,7H,2-3,12H2,1H3. The highest BCUT2D eigenvalue weighted by atomic mass is 79.9. The number of nitrogens with zero attached hydrogens (tertiary/aromatic N) is 1. The summed E-state index contributed by atoms with van der Waals surface area (Å²) in [4.78, 5) is 4.10. The summed E-state index contributed by atoms with van der Waals surface area (Å²) in [5.74, 6) is 0. The maximum atomic E-state index is 6.00. The molecule has 0 saturated heterocycles. The molecule has 2 N–H and O–H groups in total. The molecule has 1 rings (SSSR count). The molecule has 0 bridgehead atoms. The number of hydrogen-bond acceptors (Lipinski definition) is 2. The van der Waals surface area contributed by atoms with Crippen molar-refractivity contribution in [1.29, 1.82) is 0 Å². The van der Waals surface area contributed by atoms with Crippen molar-refractivity contribution in [3.8, 4) is 0 Å². The van der Waals surface area contributed by atoms with E-state index in [0.29, 0.717) is 0 Å². The molecule has 72 valence electrons. The Morgan fingerprint density at radius 1 is 1.54 bits per heavy atom. The summed E-state index contributed by atoms with van der Waals surface area (Å²) in [6.07, 6.45) is 3.85. The largest absolute Gasteiger partial charge is 0.324 e. The van der Waals surface area contributed by atoms with Crippen molar-refractivity contribution in [2.24, 2.45) is 5.73 Å². The quantitative estimate of drug-likeness (QED) is 0.869. The van der Waals surface area contributed by atoms with Crippen molar-refractivity contribution in [1.82, 2.24) is 4.98 Å². The SMILES string of the molecule is CCCC(N)c1ccnc(Br)c1Br. The predicted molar refractivity (Wildman–Crippen MR) is 61.5 cm³/mol. The highest BCUT2D eigenvalue weighted by molar-refractivity contribution is 9.13. The Morgan fingerprint density at radius 2 is 2.23 bits per heavy atom. The van der Waals surface area contributed by atoms with Crippen molar-refractivity contribution in [2.75, 3.05) is 0 Å². The van der Waals surface area contributed by atoms with Crippen LogP contribution in [0.1, 0.15) is 31.4 Å². The van der Waals surface area contributed by atoms with E-state index in [1.807, 2.05) is 6.07 Å². The van der Waals surface area contributed by atoms with Crippen molar-refractivity contribution >= 4 is 31.9 Å². The molecule has 0 fully saturated rings. The molecule has 1 heterocycles. The summed E-state index contributed by atoms with van der Waals surface area (Å²) in [6, 6.07) is 2.05. The molecular formula is C9H12Br2N2. The first kappa shape index (κ1) is 11.1. The maximum absolute atomic E-state index is 6.00. The van der Waals surface area contributed by atoms with Crippen LogP contribution >= 0.6 is 31.9 Å². The second kappa shape index (κ2) is 5.08. The third-order valence-electron chi connectivity index (χ3n) is 1.88. The van der Waals surface area contributed by atoms with Gasteiger partial charge >= 0.3 is 0 Å². The fourth-order valence-corrected chi connectivity index (χ4v) is 2.06. The predicted octanol–water partition coefficient (Wildman–Crippen LogP) is 3.41. The Labute approximate surface area is 95.2 Å². The molecule has 1 atom stereocenters. The second-order valence-corrected chi connectivity index (χ2v) is 4.44. The zero-order valence-electron chi connectivity index (χ0n) is 7.43. The Morgan fingerprint density at radius 3 is 2.85 bits per heavy atom. The van der Waals surface area contributed by atoms with Crippen LogP contribution in [-0.2, 0) is 0 Å². The Bertz CT molecular complexity index is 289. The van der Waals surface area contributed by atoms with Crippen LogP contribution < -0.4 is 5.73 Å². The summed E-state index contributed by atoms with van der Waals surface area (Å²) < 4.78 is 1.78. The smallest absolute Gasteiger partial charge is 0.120 e. The van der Waals surface area contributed by atoms with E-state index >= 15 is 0 Å². The second-order valence-electron chi connectivity index (χ2n) is 2.90. The molecule has 0 radical (unpaired) electrons. The third-order valence-corrected chi connectivity index (χ3v) is 3.84. The number of hydrogen-bond donors (Lipinski definition) is 1. The lowest BCUT2D eigenvalue weighted by Crippen LogP contribution is -2.10. The first-order valence-electron chi connectivity index (χ1n) is 4.22. The van der Waals surface area contributed by atoms with E-state index in [4.69, 9.17) is 5.73 Å². The first-order valence-corrected chi connectivity index (χ1v) is 5.81. The lowest BCUT2D eigenvalue weighted by molar-refractivity contribution is 0.634. The van der Waals surface area contributed by atoms with Gasteiger partial charge in [0.25, 0.3) is 0 Å². The fraction of sp³-hybridized carbons (Fsp3) is 0.444. The molecule has 1 aromatic heterocycles. The maximum Gasteiger partial charge on any atom is 0.120 e. The van der Waals surface area contributed by atoms with Gasteiger partial charge < -0.3 is 5.73 Å². The van der Waals surface area contributed by atoms with Crippen LogP contribution in [0.25, 0.3) is 0 Å². The van der Waals surface area contributed by atoms with Gasteiger partial charge in [0, 0.05) is 12.2 Å². The molecular weight excluding hydrogens is 296 g/mol. The van der Waals surface area contributed by atoms with Gasteiger partial charge in [-0.3, -0.25) is 0 Å². The van der Waals surface area contributed by atoms with Crippen LogP contribution in [0, 0.1) is 0 Å². The van der Waals surface area contributed by atoms with Crippen LogP contribution in [0.2, 0.25) is 0 Å². The third kappa shape index (κ3) is 2.76. The van der Waals surface area contributed by atoms with Crippen LogP contribution in [-0.4, -0.2) is 4.98 Å². The van der Waals surface area contributed by atoms with Gasteiger partial charge in [-0.05, 0) is 49.9 Å². The van der Waals surface area contributed by atoms with Crippen molar-refractivity contribution < 1.29 is 0 Å². The molecule has 1 aromatic rings. The van der Waals surface area contributed by atoms with Gasteiger partial charge in [-0.2, -0.15) is 0 Å². The van der Waals surface area contributed by atoms with Crippen LogP contribution in [0.4, 0.5) is 0 Å². The molecule has 13 heavy (non-hydrogen) atoms. The minimum atomic E-state index is 0.0960. The van der Waals surface area contributed by atoms with E-state index in [-0.39, 0.29) is 6.04 Å². The van der Waals surface area contributed by atoms with E-state index in [1.54, 1.807) is 6.20 Å². The Kier molecular flexibility index (Phi) is 4.35. The molecule has 0 aliphatic rings. The van der Waals surface area contributed by atoms with Crippen molar-refractivity contribution in [3.05, 3.63) is 26.9 Å². The normalized spacial score (nSPS) is 12.9. The zero-order chi connectivity index (χ0) is 9.84. The number of rotatable bonds is 3. The van der Waals surface area contributed by atoms with Gasteiger partial charge in [-0.15, -0.1) is 0 Å². The molecule has 0 amide bonds. The van der Waals surface area contributed by atoms with Crippen molar-refractivity contribution in [3.63, 3.8) is 0 Å². The van der Waals surface area contributed by atoms with E-state index in [9.17, 15) is 0 Å². The fourth-order valence-electron chi connectivity index (χ4n) is 1.18. The van der Waals surface area contributed by atoms with Gasteiger partial charge in [0.15, 0.2) is 0 Å². The van der Waals surface area contributed by atoms with E-state index in [2.05, 4.69) is 43.8 Å². The van der Waals surface area contributed by atoms with Gasteiger partial charge in [0.2, 0.25) is 0 Å². The van der Waals surface area contributed by atoms with Gasteiger partial charge in [-0.25, -0.2) is 4.98 Å². The topological polar surface area (TPSA) is 38.9 Å². The van der Waals surface area contributed by atoms with E-state index in [0.717, 1.165) is 27.5 Å². The summed E-state index contributed by atoms with van der Waals surface area (Å²) in [5.41, 5.74) is 7.11. The van der Waals surface area contributed by atoms with Crippen LogP contribution in [0.5, 0.6) is 0 Å². The Hall–Kier alpha value is 0.0700. The summed E-state index contributed by atoms with van der Waals surface area (Å²) >= 11 is 6.81. The zero-order valence-corrected chi connectivity index (χ0v) is 10.6. The molecule has 0 aromatic carbocycles. The summed E-state index contributed by atoms with van der Waals surface area (Å²) in [7, 11) is 0. The number of nitrogens with two attached hydrogens (primary N) is 1. The van der Waals surface area contributed by atoms with E-state index < -0.39 is 0 Å². The van der Waals surface area contributed by atoms with Crippen LogP contribution in [0.15, 0.2) is 21.3 Å². The summed E-state index contributed by atoms with van der Waals surface area (Å²) in [6.45, 7) is 2.13. The lowest BCUT2D eigenvalue weighted by atomic mass is 10.1. The number of pyridine rings is 1. The lowest BCUT2D eigenvalue weighted by Gasteiger charge is -2.12. The molecule has 0 spiro atoms. The van der Waals surface area contributed by atoms with Crippen molar-refractivity contribution in [2.45, 2.75) is 25.8 Å². The highest BCUT2D eigenvalue weighted by Crippen LogP contribution is 2.29. The average Bonchev–Trinajstić information content (AvgIpc) is 2.10. The molecule has 2 nitrogen and oxygen atoms in total. The van der Waals surface area contributed by atoms with Gasteiger partial charge in [-0.1, -0.05) is 13.3 Å².